The lowest BCUT2D eigenvalue weighted by atomic mass is 9.83. The first kappa shape index (κ1) is 15.3. The van der Waals surface area contributed by atoms with Crippen LogP contribution in [-0.4, -0.2) is 19.7 Å². The summed E-state index contributed by atoms with van der Waals surface area (Å²) < 4.78 is 10.5. The fraction of sp³-hybridized carbons (Fsp3) is 0.438. The summed E-state index contributed by atoms with van der Waals surface area (Å²) in [6, 6.07) is 5.93. The molecule has 0 amide bonds. The molecule has 3 nitrogen and oxygen atoms in total. The van der Waals surface area contributed by atoms with E-state index in [-0.39, 0.29) is 5.97 Å². The van der Waals surface area contributed by atoms with E-state index in [2.05, 4.69) is 6.58 Å². The van der Waals surface area contributed by atoms with Crippen LogP contribution in [0.15, 0.2) is 30.9 Å². The van der Waals surface area contributed by atoms with Gasteiger partial charge in [0.25, 0.3) is 0 Å². The van der Waals surface area contributed by atoms with E-state index in [9.17, 15) is 4.79 Å². The van der Waals surface area contributed by atoms with Gasteiger partial charge in [0.05, 0.1) is 19.1 Å². The van der Waals surface area contributed by atoms with Crippen molar-refractivity contribution in [3.8, 4) is 5.75 Å². The minimum atomic E-state index is -0.739. The smallest absolute Gasteiger partial charge is 0.315 e. The van der Waals surface area contributed by atoms with Gasteiger partial charge in [-0.25, -0.2) is 0 Å². The van der Waals surface area contributed by atoms with Crippen LogP contribution in [0.5, 0.6) is 5.75 Å². The van der Waals surface area contributed by atoms with Gasteiger partial charge in [0.2, 0.25) is 0 Å². The van der Waals surface area contributed by atoms with Gasteiger partial charge in [-0.05, 0) is 38.8 Å². The number of ether oxygens (including phenoxy) is 2. The fourth-order valence-corrected chi connectivity index (χ4v) is 1.96. The van der Waals surface area contributed by atoms with Crippen LogP contribution in [0.2, 0.25) is 0 Å². The molecule has 0 aliphatic heterocycles. The SMILES string of the molecule is C=CC(C)(Cc1cc(C)ccc1OC)C(=O)OCC. The zero-order chi connectivity index (χ0) is 14.5. The number of esters is 1. The van der Waals surface area contributed by atoms with Gasteiger partial charge >= 0.3 is 5.97 Å². The number of hydrogen-bond acceptors (Lipinski definition) is 3. The Bertz CT molecular complexity index is 465. The fourth-order valence-electron chi connectivity index (χ4n) is 1.96. The van der Waals surface area contributed by atoms with Crippen molar-refractivity contribution < 1.29 is 14.3 Å². The highest BCUT2D eigenvalue weighted by atomic mass is 16.5. The predicted octanol–water partition coefficient (Wildman–Crippen LogP) is 3.30. The average Bonchev–Trinajstić information content (AvgIpc) is 2.39. The van der Waals surface area contributed by atoms with Crippen molar-refractivity contribution in [2.75, 3.05) is 13.7 Å². The van der Waals surface area contributed by atoms with Crippen LogP contribution < -0.4 is 4.74 Å². The molecule has 19 heavy (non-hydrogen) atoms. The maximum Gasteiger partial charge on any atom is 0.315 e. The van der Waals surface area contributed by atoms with Gasteiger partial charge in [-0.15, -0.1) is 6.58 Å². The van der Waals surface area contributed by atoms with Crippen LogP contribution in [0.25, 0.3) is 0 Å². The number of aryl methyl sites for hydroxylation is 1. The van der Waals surface area contributed by atoms with Crippen molar-refractivity contribution in [2.45, 2.75) is 27.2 Å². The van der Waals surface area contributed by atoms with E-state index < -0.39 is 5.41 Å². The molecule has 0 N–H and O–H groups in total. The molecule has 1 unspecified atom stereocenters. The summed E-state index contributed by atoms with van der Waals surface area (Å²) in [5.41, 5.74) is 1.38. The molecule has 1 aromatic rings. The Labute approximate surface area is 115 Å². The van der Waals surface area contributed by atoms with E-state index in [1.54, 1.807) is 20.1 Å². The van der Waals surface area contributed by atoms with Gasteiger partial charge in [0.15, 0.2) is 0 Å². The molecule has 0 aromatic heterocycles. The molecular formula is C16H22O3. The molecule has 104 valence electrons. The van der Waals surface area contributed by atoms with Gasteiger partial charge < -0.3 is 9.47 Å². The van der Waals surface area contributed by atoms with Crippen molar-refractivity contribution in [1.29, 1.82) is 0 Å². The summed E-state index contributed by atoms with van der Waals surface area (Å²) in [5.74, 6) is 0.525. The van der Waals surface area contributed by atoms with E-state index in [0.717, 1.165) is 16.9 Å². The molecule has 0 saturated carbocycles. The van der Waals surface area contributed by atoms with Crippen LogP contribution in [0, 0.1) is 12.3 Å². The summed E-state index contributed by atoms with van der Waals surface area (Å²) in [4.78, 5) is 12.1. The van der Waals surface area contributed by atoms with Crippen molar-refractivity contribution in [2.24, 2.45) is 5.41 Å². The molecule has 0 aliphatic rings. The molecule has 3 heteroatoms. The second kappa shape index (κ2) is 6.41. The topological polar surface area (TPSA) is 35.5 Å². The second-order valence-corrected chi connectivity index (χ2v) is 4.83. The lowest BCUT2D eigenvalue weighted by Crippen LogP contribution is -2.30. The van der Waals surface area contributed by atoms with Crippen LogP contribution in [-0.2, 0) is 16.0 Å². The van der Waals surface area contributed by atoms with Gasteiger partial charge in [0, 0.05) is 0 Å². The molecule has 0 spiro atoms. The predicted molar refractivity (Wildman–Crippen MR) is 76.4 cm³/mol. The maximum absolute atomic E-state index is 12.1. The lowest BCUT2D eigenvalue weighted by Gasteiger charge is -2.24. The van der Waals surface area contributed by atoms with Crippen LogP contribution in [0.4, 0.5) is 0 Å². The monoisotopic (exact) mass is 262 g/mol. The summed E-state index contributed by atoms with van der Waals surface area (Å²) >= 11 is 0. The molecule has 0 bridgehead atoms. The van der Waals surface area contributed by atoms with E-state index >= 15 is 0 Å². The van der Waals surface area contributed by atoms with Crippen molar-refractivity contribution >= 4 is 5.97 Å². The minimum absolute atomic E-state index is 0.256. The molecule has 1 rings (SSSR count). The summed E-state index contributed by atoms with van der Waals surface area (Å²) in [6.45, 7) is 9.78. The number of benzene rings is 1. The van der Waals surface area contributed by atoms with E-state index in [1.165, 1.54) is 0 Å². The summed E-state index contributed by atoms with van der Waals surface area (Å²) in [6.07, 6.45) is 2.16. The number of carbonyl (C=O) groups is 1. The molecule has 0 heterocycles. The van der Waals surface area contributed by atoms with E-state index in [0.29, 0.717) is 13.0 Å². The second-order valence-electron chi connectivity index (χ2n) is 4.83. The van der Waals surface area contributed by atoms with Crippen LogP contribution >= 0.6 is 0 Å². The third kappa shape index (κ3) is 3.60. The number of rotatable bonds is 6. The van der Waals surface area contributed by atoms with Crippen LogP contribution in [0.3, 0.4) is 0 Å². The standard InChI is InChI=1S/C16H22O3/c1-6-16(4,15(17)19-7-2)11-13-10-12(3)8-9-14(13)18-5/h6,8-10H,1,7,11H2,2-5H3. The molecule has 0 radical (unpaired) electrons. The van der Waals surface area contributed by atoms with Gasteiger partial charge in [0.1, 0.15) is 5.75 Å². The molecule has 0 saturated heterocycles. The van der Waals surface area contributed by atoms with Crippen LogP contribution in [0.1, 0.15) is 25.0 Å². The van der Waals surface area contributed by atoms with Gasteiger partial charge in [-0.2, -0.15) is 0 Å². The Morgan fingerprint density at radius 3 is 2.68 bits per heavy atom. The van der Waals surface area contributed by atoms with E-state index in [1.807, 2.05) is 32.0 Å². The Hall–Kier alpha value is -1.77. The van der Waals surface area contributed by atoms with Crippen molar-refractivity contribution in [3.63, 3.8) is 0 Å². The van der Waals surface area contributed by atoms with Gasteiger partial charge in [-0.1, -0.05) is 23.8 Å². The number of methoxy groups -OCH3 is 1. The highest BCUT2D eigenvalue weighted by Crippen LogP contribution is 2.31. The summed E-state index contributed by atoms with van der Waals surface area (Å²) in [7, 11) is 1.63. The zero-order valence-corrected chi connectivity index (χ0v) is 12.2. The molecule has 1 atom stereocenters. The number of carbonyl (C=O) groups excluding carboxylic acids is 1. The molecule has 1 aromatic carbocycles. The Kier molecular flexibility index (Phi) is 5.16. The highest BCUT2D eigenvalue weighted by molar-refractivity contribution is 5.79. The quantitative estimate of drug-likeness (QED) is 0.583. The largest absolute Gasteiger partial charge is 0.496 e. The highest BCUT2D eigenvalue weighted by Gasteiger charge is 2.32. The maximum atomic E-state index is 12.1. The third-order valence-electron chi connectivity index (χ3n) is 3.19. The normalized spacial score (nSPS) is 13.5. The Morgan fingerprint density at radius 1 is 1.47 bits per heavy atom. The first-order chi connectivity index (χ1) is 8.96. The first-order valence-corrected chi connectivity index (χ1v) is 6.41. The first-order valence-electron chi connectivity index (χ1n) is 6.41. The van der Waals surface area contributed by atoms with E-state index in [4.69, 9.17) is 9.47 Å². The third-order valence-corrected chi connectivity index (χ3v) is 3.19. The molecular weight excluding hydrogens is 240 g/mol. The summed E-state index contributed by atoms with van der Waals surface area (Å²) in [5, 5.41) is 0. The average molecular weight is 262 g/mol. The van der Waals surface area contributed by atoms with Crippen molar-refractivity contribution in [3.05, 3.63) is 42.0 Å². The number of hydrogen-bond donors (Lipinski definition) is 0. The van der Waals surface area contributed by atoms with Gasteiger partial charge in [-0.3, -0.25) is 4.79 Å². The molecule has 0 fully saturated rings. The lowest BCUT2D eigenvalue weighted by molar-refractivity contribution is -0.151. The molecule has 0 aliphatic carbocycles. The zero-order valence-electron chi connectivity index (χ0n) is 12.2. The Balaban J connectivity index is 3.07. The minimum Gasteiger partial charge on any atom is -0.496 e. The Morgan fingerprint density at radius 2 is 2.16 bits per heavy atom. The van der Waals surface area contributed by atoms with Crippen molar-refractivity contribution in [1.82, 2.24) is 0 Å².